The molecule has 2 atom stereocenters. The van der Waals surface area contributed by atoms with E-state index in [0.29, 0.717) is 6.42 Å². The first-order chi connectivity index (χ1) is 21.0. The average Bonchev–Trinajstić information content (AvgIpc) is 2.97. The molecule has 0 radical (unpaired) electrons. The third-order valence-corrected chi connectivity index (χ3v) is 8.96. The zero-order valence-electron chi connectivity index (χ0n) is 26.0. The smallest absolute Gasteiger partial charge is 0.333 e. The van der Waals surface area contributed by atoms with E-state index in [-0.39, 0.29) is 64.6 Å². The molecule has 240 valence electrons. The van der Waals surface area contributed by atoms with Crippen LogP contribution in [0, 0.1) is 18.3 Å². The topological polar surface area (TPSA) is 181 Å². The minimum absolute atomic E-state index is 0.0563. The summed E-state index contributed by atoms with van der Waals surface area (Å²) in [6, 6.07) is 7.26. The molecule has 1 aliphatic heterocycles. The Morgan fingerprint density at radius 3 is 2.33 bits per heavy atom. The number of sulfonamides is 1. The summed E-state index contributed by atoms with van der Waals surface area (Å²) in [5.41, 5.74) is -1.51. The van der Waals surface area contributed by atoms with Gasteiger partial charge in [0.25, 0.3) is 5.56 Å². The number of pyridine rings is 1. The summed E-state index contributed by atoms with van der Waals surface area (Å²) in [6.45, 7) is 14.8. The Balaban J connectivity index is 1.93. The molecule has 1 fully saturated rings. The Morgan fingerprint density at radius 2 is 1.78 bits per heavy atom. The van der Waals surface area contributed by atoms with E-state index in [1.807, 2.05) is 13.0 Å². The lowest BCUT2D eigenvalue weighted by Gasteiger charge is -2.42. The van der Waals surface area contributed by atoms with E-state index in [1.54, 1.807) is 6.92 Å². The molecule has 14 heteroatoms. The number of rotatable bonds is 11. The molecule has 45 heavy (non-hydrogen) atoms. The van der Waals surface area contributed by atoms with Gasteiger partial charge in [0.05, 0.1) is 23.7 Å². The molecule has 0 amide bonds. The van der Waals surface area contributed by atoms with Crippen LogP contribution in [0.15, 0.2) is 68.5 Å². The first-order valence-corrected chi connectivity index (χ1v) is 15.6. The second-order valence-electron chi connectivity index (χ2n) is 11.2. The second kappa shape index (κ2) is 14.0. The number of hydrogen-bond donors (Lipinski definition) is 1. The highest BCUT2D eigenvalue weighted by molar-refractivity contribution is 7.89. The summed E-state index contributed by atoms with van der Waals surface area (Å²) >= 11 is 0. The van der Waals surface area contributed by atoms with Crippen LogP contribution in [0.1, 0.15) is 58.1 Å². The van der Waals surface area contributed by atoms with E-state index >= 15 is 0 Å². The fraction of sp³-hybridized carbons (Fsp3) is 0.419. The van der Waals surface area contributed by atoms with E-state index in [2.05, 4.69) is 23.4 Å². The number of ether oxygens (including phenoxy) is 2. The number of azo groups is 1. The number of esters is 2. The lowest BCUT2D eigenvalue weighted by atomic mass is 9.94. The van der Waals surface area contributed by atoms with E-state index in [1.165, 1.54) is 45.0 Å². The van der Waals surface area contributed by atoms with Crippen LogP contribution in [0.5, 0.6) is 5.88 Å². The van der Waals surface area contributed by atoms with Crippen molar-refractivity contribution in [2.75, 3.05) is 13.1 Å². The number of aromatic nitrogens is 1. The lowest BCUT2D eigenvalue weighted by molar-refractivity contribution is -0.166. The van der Waals surface area contributed by atoms with Crippen LogP contribution in [0.4, 0.5) is 11.4 Å². The van der Waals surface area contributed by atoms with Crippen LogP contribution in [0.3, 0.4) is 0 Å². The zero-order chi connectivity index (χ0) is 33.7. The van der Waals surface area contributed by atoms with Crippen molar-refractivity contribution in [3.05, 3.63) is 70.1 Å². The van der Waals surface area contributed by atoms with Crippen molar-refractivity contribution in [1.29, 1.82) is 5.26 Å². The summed E-state index contributed by atoms with van der Waals surface area (Å²) < 4.78 is 40.7. The number of carbonyl (C=O) groups excluding carboxylic acids is 2. The highest BCUT2D eigenvalue weighted by Gasteiger charge is 2.45. The Morgan fingerprint density at radius 1 is 1.16 bits per heavy atom. The molecule has 2 unspecified atom stereocenters. The van der Waals surface area contributed by atoms with Gasteiger partial charge in [0.15, 0.2) is 5.69 Å². The lowest BCUT2D eigenvalue weighted by Crippen LogP contribution is -2.56. The predicted octanol–water partition coefficient (Wildman–Crippen LogP) is 4.71. The molecular formula is C31H37N5O8S. The SMILES string of the molecule is C=C(C)C(=O)OC1CN(S(=O)(=O)c2ccc(N=Nc3c(C)c(C#N)c(O)n(CCCC)c3=O)cc2)CC(C)(OC(=O)C(=C)C)C1. The first kappa shape index (κ1) is 34.9. The normalized spacial score (nSPS) is 18.7. The molecule has 0 aliphatic carbocycles. The molecule has 0 bridgehead atoms. The molecule has 0 spiro atoms. The van der Waals surface area contributed by atoms with Crippen molar-refractivity contribution < 1.29 is 32.6 Å². The number of carbonyl (C=O) groups is 2. The van der Waals surface area contributed by atoms with Gasteiger partial charge in [-0.15, -0.1) is 5.11 Å². The maximum atomic E-state index is 13.7. The van der Waals surface area contributed by atoms with E-state index in [0.717, 1.165) is 15.3 Å². The van der Waals surface area contributed by atoms with Gasteiger partial charge in [0, 0.05) is 29.7 Å². The highest BCUT2D eigenvalue weighted by atomic mass is 32.2. The van der Waals surface area contributed by atoms with Gasteiger partial charge in [-0.05, 0) is 58.4 Å². The fourth-order valence-corrected chi connectivity index (χ4v) is 6.28. The van der Waals surface area contributed by atoms with Crippen molar-refractivity contribution in [3.8, 4) is 11.9 Å². The maximum absolute atomic E-state index is 13.7. The number of piperidine rings is 1. The summed E-state index contributed by atoms with van der Waals surface area (Å²) in [5, 5.41) is 28.1. The minimum atomic E-state index is -4.19. The molecule has 1 aromatic heterocycles. The van der Waals surface area contributed by atoms with Crippen molar-refractivity contribution in [1.82, 2.24) is 8.87 Å². The van der Waals surface area contributed by atoms with Crippen LogP contribution in [-0.2, 0) is 35.6 Å². The van der Waals surface area contributed by atoms with Gasteiger partial charge in [0.1, 0.15) is 23.3 Å². The minimum Gasteiger partial charge on any atom is -0.493 e. The quantitative estimate of drug-likeness (QED) is 0.207. The van der Waals surface area contributed by atoms with E-state index in [4.69, 9.17) is 9.47 Å². The molecule has 2 aromatic rings. The Hall–Kier alpha value is -4.61. The van der Waals surface area contributed by atoms with Crippen LogP contribution in [0.2, 0.25) is 0 Å². The number of nitriles is 1. The molecule has 1 N–H and O–H groups in total. The van der Waals surface area contributed by atoms with Crippen LogP contribution in [-0.4, -0.2) is 59.1 Å². The Labute approximate surface area is 262 Å². The van der Waals surface area contributed by atoms with Gasteiger partial charge in [-0.1, -0.05) is 26.5 Å². The average molecular weight is 640 g/mol. The van der Waals surface area contributed by atoms with Gasteiger partial charge >= 0.3 is 11.9 Å². The number of benzene rings is 1. The highest BCUT2D eigenvalue weighted by Crippen LogP contribution is 2.33. The zero-order valence-corrected chi connectivity index (χ0v) is 26.8. The summed E-state index contributed by atoms with van der Waals surface area (Å²) in [6.07, 6.45) is 0.477. The van der Waals surface area contributed by atoms with Gasteiger partial charge in [-0.25, -0.2) is 18.0 Å². The third kappa shape index (κ3) is 7.92. The van der Waals surface area contributed by atoms with Gasteiger partial charge in [0.2, 0.25) is 15.9 Å². The van der Waals surface area contributed by atoms with Crippen LogP contribution >= 0.6 is 0 Å². The maximum Gasteiger partial charge on any atom is 0.333 e. The summed E-state index contributed by atoms with van der Waals surface area (Å²) in [4.78, 5) is 37.5. The standard InChI is InChI=1S/C31H37N5O8S/c1-8-9-14-36-27(37)25(16-32)21(6)26(28(36)38)34-33-22-10-12-24(13-11-22)45(41,42)35-17-23(43-29(39)19(2)3)15-31(7,18-35)44-30(40)20(4)5/h10-13,23,37H,2,4,8-9,14-15,17-18H2,1,3,5-7H3. The Bertz CT molecular complexity index is 1760. The molecule has 1 aliphatic rings. The molecule has 2 heterocycles. The molecule has 1 aromatic carbocycles. The van der Waals surface area contributed by atoms with Crippen molar-refractivity contribution in [3.63, 3.8) is 0 Å². The number of hydrogen-bond acceptors (Lipinski definition) is 11. The van der Waals surface area contributed by atoms with Gasteiger partial charge < -0.3 is 14.6 Å². The van der Waals surface area contributed by atoms with Crippen molar-refractivity contribution in [2.45, 2.75) is 77.0 Å². The Kier molecular flexibility index (Phi) is 10.9. The van der Waals surface area contributed by atoms with E-state index < -0.39 is 45.1 Å². The van der Waals surface area contributed by atoms with Gasteiger partial charge in [-0.2, -0.15) is 14.7 Å². The number of nitrogens with zero attached hydrogens (tertiary/aromatic N) is 5. The van der Waals surface area contributed by atoms with Crippen LogP contribution in [0.25, 0.3) is 0 Å². The predicted molar refractivity (Wildman–Crippen MR) is 165 cm³/mol. The molecule has 3 rings (SSSR count). The van der Waals surface area contributed by atoms with Crippen molar-refractivity contribution in [2.24, 2.45) is 10.2 Å². The molecular weight excluding hydrogens is 602 g/mol. The molecule has 1 saturated heterocycles. The van der Waals surface area contributed by atoms with Crippen LogP contribution < -0.4 is 5.56 Å². The summed E-state index contributed by atoms with van der Waals surface area (Å²) in [5.74, 6) is -1.84. The monoisotopic (exact) mass is 639 g/mol. The first-order valence-electron chi connectivity index (χ1n) is 14.2. The molecule has 13 nitrogen and oxygen atoms in total. The van der Waals surface area contributed by atoms with Gasteiger partial charge in [-0.3, -0.25) is 9.36 Å². The third-order valence-electron chi connectivity index (χ3n) is 7.13. The fourth-order valence-electron chi connectivity index (χ4n) is 4.70. The largest absolute Gasteiger partial charge is 0.493 e. The van der Waals surface area contributed by atoms with E-state index in [9.17, 15) is 33.2 Å². The molecule has 0 saturated carbocycles. The number of aromatic hydroxyl groups is 1. The summed E-state index contributed by atoms with van der Waals surface area (Å²) in [7, 11) is -4.19. The number of unbranched alkanes of at least 4 members (excludes halogenated alkanes) is 1. The second-order valence-corrected chi connectivity index (χ2v) is 13.2. The van der Waals surface area contributed by atoms with Crippen molar-refractivity contribution >= 4 is 33.3 Å².